The van der Waals surface area contributed by atoms with E-state index in [1.807, 2.05) is 18.2 Å². The van der Waals surface area contributed by atoms with Crippen LogP contribution in [0.1, 0.15) is 562 Å². The molecule has 6 atom stereocenters. The highest BCUT2D eigenvalue weighted by atomic mass is 79.9. The molecule has 125 heavy (non-hydrogen) atoms. The van der Waals surface area contributed by atoms with Crippen LogP contribution in [0.5, 0.6) is 0 Å². The molecule has 0 rings (SSSR count). The summed E-state index contributed by atoms with van der Waals surface area (Å²) in [6.45, 7) is 12.8. The lowest BCUT2D eigenvalue weighted by Crippen LogP contribution is -2.58. The van der Waals surface area contributed by atoms with Crippen LogP contribution in [0.15, 0.2) is 36.5 Å². The zero-order valence-corrected chi connectivity index (χ0v) is 88.6. The molecule has 6 unspecified atom stereocenters. The average molecular weight is 1980 g/mol. The summed E-state index contributed by atoms with van der Waals surface area (Å²) in [6, 6.07) is 0. The first kappa shape index (κ1) is 124. The molecule has 0 radical (unpaired) electrons. The van der Waals surface area contributed by atoms with Crippen LogP contribution in [0, 0.1) is 0 Å². The maximum Gasteiger partial charge on any atom is 0.474 e. The van der Waals surface area contributed by atoms with Gasteiger partial charge in [-0.3, -0.25) is 28.0 Å². The van der Waals surface area contributed by atoms with Gasteiger partial charge in [-0.05, 0) is 77.0 Å². The minimum Gasteiger partial charge on any atom is -0.387 e. The number of allylic oxidation sites excluding steroid dienone is 3. The van der Waals surface area contributed by atoms with Crippen LogP contribution in [-0.2, 0) is 32.5 Å². The third-order valence-electron chi connectivity index (χ3n) is 26.4. The Kier molecular flexibility index (Phi) is 92.8. The second kappa shape index (κ2) is 93.5. The topological polar surface area (TPSA) is 193 Å². The summed E-state index contributed by atoms with van der Waals surface area (Å²) in [6.07, 6.45) is 98.9. The number of amides is 3. The summed E-state index contributed by atoms with van der Waals surface area (Å²) >= 11 is 11.3. The zero-order chi connectivity index (χ0) is 91.5. The van der Waals surface area contributed by atoms with E-state index in [-0.39, 0.29) is 72.8 Å². The van der Waals surface area contributed by atoms with Crippen LogP contribution in [-0.4, -0.2) is 104 Å². The van der Waals surface area contributed by atoms with Gasteiger partial charge in [0, 0.05) is 35.3 Å². The molecule has 6 N–H and O–H groups in total. The van der Waals surface area contributed by atoms with Crippen LogP contribution in [0.3, 0.4) is 0 Å². The number of phosphoric acid groups is 1. The number of aliphatic hydroxyl groups is 3. The highest BCUT2D eigenvalue weighted by molar-refractivity contribution is 9.09. The standard InChI is InChI=1S/C108H207Br3N3O10P/c1-7-13-19-25-31-37-43-49-55-61-67-73-79-85-100(115)106(97-109,112-103(118)88-82-76-70-64-58-52-46-40-34-28-22-16-10-4)91-94-122-125(121,123-95-92-107(98-110,101(116)86-80-74-68-62-56-50-44-38-32-26-20-14-8-2)113-104(119)89-83-77-71-65-59-53-47-41-35-29-23-17-11-5)124-96-93-108(99-111,102(117)87-81-75-69-63-57-51-45-39-33-27-21-15-9-3)114-105(120)90-84-78-72-66-60-54-48-42-36-30-24-18-12-6/h79-81,85-87,100-102,115-117H,7-78,82-84,88-99H2,1-6H3,(H,112,118)(H,113,119)(H,114,120)/b85-79+,86-80+,87-81+. The average Bonchev–Trinajstić information content (AvgIpc) is 0.830. The minimum absolute atomic E-state index is 0.0235. The molecule has 3 amide bonds. The molecule has 0 aromatic rings. The van der Waals surface area contributed by atoms with Crippen molar-refractivity contribution in [1.82, 2.24) is 16.0 Å². The number of phosphoric ester groups is 1. The zero-order valence-electron chi connectivity index (χ0n) is 83.0. The number of alkyl halides is 3. The number of aliphatic hydroxyl groups excluding tert-OH is 3. The molecule has 13 nitrogen and oxygen atoms in total. The largest absolute Gasteiger partial charge is 0.474 e. The van der Waals surface area contributed by atoms with Crippen molar-refractivity contribution in [3.05, 3.63) is 36.5 Å². The Bertz CT molecular complexity index is 2210. The molecule has 0 heterocycles. The van der Waals surface area contributed by atoms with E-state index < -0.39 is 42.8 Å². The maximum atomic E-state index is 16.0. The first-order chi connectivity index (χ1) is 61.1. The number of halogens is 3. The van der Waals surface area contributed by atoms with E-state index in [2.05, 4.69) is 105 Å². The molecule has 0 saturated carbocycles. The first-order valence-electron chi connectivity index (χ1n) is 54.3. The molecule has 0 aromatic carbocycles. The van der Waals surface area contributed by atoms with Crippen molar-refractivity contribution in [3.8, 4) is 0 Å². The molecule has 0 aliphatic rings. The van der Waals surface area contributed by atoms with E-state index in [9.17, 15) is 29.7 Å². The van der Waals surface area contributed by atoms with Crippen molar-refractivity contribution in [2.75, 3.05) is 35.8 Å². The Balaban J connectivity index is 7.51. The molecular formula is C108H207Br3N3O10P. The quantitative estimate of drug-likeness (QED) is 0.0148. The highest BCUT2D eigenvalue weighted by Gasteiger charge is 2.43. The molecule has 0 aliphatic heterocycles. The van der Waals surface area contributed by atoms with Gasteiger partial charge < -0.3 is 31.3 Å². The number of unbranched alkanes of at least 4 members (excludes halogenated alkanes) is 69. The summed E-state index contributed by atoms with van der Waals surface area (Å²) in [5.74, 6) is -0.532. The predicted octanol–water partition coefficient (Wildman–Crippen LogP) is 34.4. The number of carbonyl (C=O) groups is 3. The Morgan fingerprint density at radius 2 is 0.400 bits per heavy atom. The number of nitrogens with one attached hydrogen (secondary N) is 3. The van der Waals surface area contributed by atoms with Crippen LogP contribution < -0.4 is 16.0 Å². The Labute approximate surface area is 800 Å². The minimum atomic E-state index is -4.67. The van der Waals surface area contributed by atoms with Gasteiger partial charge in [0.1, 0.15) is 0 Å². The van der Waals surface area contributed by atoms with Crippen molar-refractivity contribution in [1.29, 1.82) is 0 Å². The molecule has 740 valence electrons. The third kappa shape index (κ3) is 75.0. The Hall–Kier alpha value is -0.940. The molecule has 0 bridgehead atoms. The van der Waals surface area contributed by atoms with E-state index in [1.165, 1.54) is 347 Å². The van der Waals surface area contributed by atoms with Gasteiger partial charge >= 0.3 is 7.82 Å². The molecule has 0 saturated heterocycles. The second-order valence-electron chi connectivity index (χ2n) is 38.3. The van der Waals surface area contributed by atoms with E-state index in [4.69, 9.17) is 13.6 Å². The van der Waals surface area contributed by atoms with Crippen LogP contribution in [0.25, 0.3) is 0 Å². The Morgan fingerprint density at radius 3 is 0.552 bits per heavy atom. The first-order valence-corrected chi connectivity index (χ1v) is 59.1. The second-order valence-corrected chi connectivity index (χ2v) is 41.6. The van der Waals surface area contributed by atoms with Gasteiger partial charge in [0.15, 0.2) is 0 Å². The fraction of sp³-hybridized carbons (Fsp3) is 0.917. The van der Waals surface area contributed by atoms with Crippen LogP contribution >= 0.6 is 55.6 Å². The van der Waals surface area contributed by atoms with Gasteiger partial charge in [0.25, 0.3) is 0 Å². The van der Waals surface area contributed by atoms with Gasteiger partial charge in [0.05, 0.1) is 54.7 Å². The lowest BCUT2D eigenvalue weighted by atomic mass is 9.89. The molecule has 0 aliphatic carbocycles. The smallest absolute Gasteiger partial charge is 0.387 e. The summed E-state index contributed by atoms with van der Waals surface area (Å²) in [7, 11) is -4.67. The molecular weight excluding hydrogens is 1770 g/mol. The third-order valence-corrected chi connectivity index (χ3v) is 30.9. The Morgan fingerprint density at radius 1 is 0.256 bits per heavy atom. The van der Waals surface area contributed by atoms with Crippen LogP contribution in [0.4, 0.5) is 0 Å². The normalized spacial score (nSPS) is 14.8. The lowest BCUT2D eigenvalue weighted by molar-refractivity contribution is -0.125. The van der Waals surface area contributed by atoms with Gasteiger partial charge in [-0.2, -0.15) is 0 Å². The SMILES string of the molecule is CCCCCCCCCCCCC/C=C/C(O)C(CBr)(CCOP(=O)(OCCC(CBr)(NC(=O)CCCCCCCCCCCCCCC)C(O)/C=C/CCCCCCCCCCCCC)OCCC(CBr)(NC(=O)CCCCCCCCCCCCCCC)C(O)/C=C/CCCCCCCCCCCCC)NC(=O)CCCCCCCCCCCCCCC. The molecule has 0 spiro atoms. The fourth-order valence-corrected chi connectivity index (χ4v) is 20.9. The van der Waals surface area contributed by atoms with E-state index in [1.54, 1.807) is 18.2 Å². The predicted molar refractivity (Wildman–Crippen MR) is 553 cm³/mol. The van der Waals surface area contributed by atoms with Gasteiger partial charge in [-0.15, -0.1) is 0 Å². The summed E-state index contributed by atoms with van der Waals surface area (Å²) in [4.78, 5) is 43.0. The van der Waals surface area contributed by atoms with Crippen molar-refractivity contribution in [3.63, 3.8) is 0 Å². The highest BCUT2D eigenvalue weighted by Crippen LogP contribution is 2.51. The molecule has 0 fully saturated rings. The molecule has 17 heteroatoms. The van der Waals surface area contributed by atoms with Crippen molar-refractivity contribution >= 4 is 73.3 Å². The monoisotopic (exact) mass is 1970 g/mol. The number of carbonyl (C=O) groups excluding carboxylic acids is 3. The number of rotatable bonds is 102. The van der Waals surface area contributed by atoms with E-state index in [0.717, 1.165) is 135 Å². The summed E-state index contributed by atoms with van der Waals surface area (Å²) in [5, 5.41) is 47.7. The van der Waals surface area contributed by atoms with Gasteiger partial charge in [-0.1, -0.05) is 550 Å². The van der Waals surface area contributed by atoms with Gasteiger partial charge in [-0.25, -0.2) is 4.57 Å². The van der Waals surface area contributed by atoms with Crippen molar-refractivity contribution in [2.45, 2.75) is 597 Å². The summed E-state index contributed by atoms with van der Waals surface area (Å²) in [5.41, 5.74) is -3.86. The maximum absolute atomic E-state index is 16.0. The molecule has 0 aromatic heterocycles. The van der Waals surface area contributed by atoms with E-state index >= 15 is 4.57 Å². The van der Waals surface area contributed by atoms with E-state index in [0.29, 0.717) is 19.3 Å². The fourth-order valence-electron chi connectivity index (χ4n) is 17.5. The van der Waals surface area contributed by atoms with Crippen LogP contribution in [0.2, 0.25) is 0 Å². The van der Waals surface area contributed by atoms with Crippen molar-refractivity contribution < 1.29 is 47.8 Å². The number of hydrogen-bond acceptors (Lipinski definition) is 10. The number of hydrogen-bond donors (Lipinski definition) is 6. The summed E-state index contributed by atoms with van der Waals surface area (Å²) < 4.78 is 35.6. The lowest BCUT2D eigenvalue weighted by Gasteiger charge is -2.38. The van der Waals surface area contributed by atoms with Crippen molar-refractivity contribution in [2.24, 2.45) is 0 Å². The van der Waals surface area contributed by atoms with Gasteiger partial charge in [0.2, 0.25) is 17.7 Å².